The molecule has 4 rings (SSSR count). The lowest BCUT2D eigenvalue weighted by molar-refractivity contribution is 0.362. The molecule has 1 unspecified atom stereocenters. The van der Waals surface area contributed by atoms with Crippen molar-refractivity contribution in [3.05, 3.63) is 102 Å². The SMILES string of the molecule is C=CCOc1cccc(C(Nc2cccc(C)n2)c2ccc3ccc(C)nc3c2O)c1. The lowest BCUT2D eigenvalue weighted by Gasteiger charge is -2.23. The van der Waals surface area contributed by atoms with Crippen LogP contribution in [0.2, 0.25) is 0 Å². The minimum absolute atomic E-state index is 0.156. The molecule has 0 fully saturated rings. The summed E-state index contributed by atoms with van der Waals surface area (Å²) in [4.78, 5) is 9.15. The van der Waals surface area contributed by atoms with Crippen LogP contribution >= 0.6 is 0 Å². The summed E-state index contributed by atoms with van der Waals surface area (Å²) in [5, 5.41) is 15.6. The number of anilines is 1. The highest BCUT2D eigenvalue weighted by Crippen LogP contribution is 2.37. The number of aromatic nitrogens is 2. The number of rotatable bonds is 7. The first-order valence-electron chi connectivity index (χ1n) is 10.2. The van der Waals surface area contributed by atoms with Gasteiger partial charge in [0.1, 0.15) is 29.4 Å². The van der Waals surface area contributed by atoms with Gasteiger partial charge < -0.3 is 15.2 Å². The van der Waals surface area contributed by atoms with Crippen molar-refractivity contribution in [3.63, 3.8) is 0 Å². The van der Waals surface area contributed by atoms with Gasteiger partial charge in [-0.3, -0.25) is 0 Å². The summed E-state index contributed by atoms with van der Waals surface area (Å²) in [6.45, 7) is 7.99. The highest BCUT2D eigenvalue weighted by molar-refractivity contribution is 5.86. The van der Waals surface area contributed by atoms with Gasteiger partial charge in [0.25, 0.3) is 0 Å². The van der Waals surface area contributed by atoms with Gasteiger partial charge in [-0.05, 0) is 49.7 Å². The second-order valence-corrected chi connectivity index (χ2v) is 7.44. The van der Waals surface area contributed by atoms with Crippen LogP contribution in [0, 0.1) is 13.8 Å². The molecule has 0 radical (unpaired) electrons. The lowest BCUT2D eigenvalue weighted by Crippen LogP contribution is -2.14. The number of aryl methyl sites for hydroxylation is 2. The molecular formula is C26H25N3O2. The molecule has 2 aromatic heterocycles. The Labute approximate surface area is 182 Å². The number of nitrogens with zero attached hydrogens (tertiary/aromatic N) is 2. The molecule has 0 saturated heterocycles. The predicted molar refractivity (Wildman–Crippen MR) is 125 cm³/mol. The fraction of sp³-hybridized carbons (Fsp3) is 0.154. The number of hydrogen-bond acceptors (Lipinski definition) is 5. The molecule has 31 heavy (non-hydrogen) atoms. The van der Waals surface area contributed by atoms with E-state index in [0.717, 1.165) is 39.5 Å². The van der Waals surface area contributed by atoms with Crippen molar-refractivity contribution < 1.29 is 9.84 Å². The molecule has 0 aliphatic rings. The largest absolute Gasteiger partial charge is 0.505 e. The average Bonchev–Trinajstić information content (AvgIpc) is 2.77. The van der Waals surface area contributed by atoms with Crippen LogP contribution in [0.25, 0.3) is 10.9 Å². The second kappa shape index (κ2) is 8.88. The number of fused-ring (bicyclic) bond motifs is 1. The maximum atomic E-state index is 11.2. The maximum absolute atomic E-state index is 11.2. The zero-order valence-electron chi connectivity index (χ0n) is 17.7. The van der Waals surface area contributed by atoms with Gasteiger partial charge in [-0.15, -0.1) is 0 Å². The fourth-order valence-electron chi connectivity index (χ4n) is 3.57. The number of hydrogen-bond donors (Lipinski definition) is 2. The van der Waals surface area contributed by atoms with Gasteiger partial charge in [-0.2, -0.15) is 0 Å². The van der Waals surface area contributed by atoms with Crippen LogP contribution in [-0.4, -0.2) is 21.7 Å². The predicted octanol–water partition coefficient (Wildman–Crippen LogP) is 5.72. The molecule has 4 aromatic rings. The summed E-state index contributed by atoms with van der Waals surface area (Å²) < 4.78 is 5.73. The summed E-state index contributed by atoms with van der Waals surface area (Å²) in [5.74, 6) is 1.61. The molecule has 0 spiro atoms. The molecule has 0 bridgehead atoms. The van der Waals surface area contributed by atoms with Crippen molar-refractivity contribution in [3.8, 4) is 11.5 Å². The van der Waals surface area contributed by atoms with E-state index in [1.165, 1.54) is 0 Å². The van der Waals surface area contributed by atoms with Crippen LogP contribution in [0.3, 0.4) is 0 Å². The molecule has 0 amide bonds. The van der Waals surface area contributed by atoms with Gasteiger partial charge in [-0.1, -0.05) is 49.1 Å². The van der Waals surface area contributed by atoms with Crippen LogP contribution in [0.1, 0.15) is 28.6 Å². The van der Waals surface area contributed by atoms with E-state index in [0.29, 0.717) is 12.1 Å². The Kier molecular flexibility index (Phi) is 5.85. The molecule has 2 aromatic carbocycles. The Morgan fingerprint density at radius 1 is 1.00 bits per heavy atom. The quantitative estimate of drug-likeness (QED) is 0.381. The molecular weight excluding hydrogens is 386 g/mol. The minimum atomic E-state index is -0.353. The zero-order chi connectivity index (χ0) is 21.8. The monoisotopic (exact) mass is 411 g/mol. The molecule has 0 saturated carbocycles. The van der Waals surface area contributed by atoms with Crippen LogP contribution < -0.4 is 10.1 Å². The van der Waals surface area contributed by atoms with Crippen LogP contribution in [-0.2, 0) is 0 Å². The first-order chi connectivity index (χ1) is 15.0. The molecule has 2 N–H and O–H groups in total. The fourth-order valence-corrected chi connectivity index (χ4v) is 3.57. The van der Waals surface area contributed by atoms with E-state index >= 15 is 0 Å². The number of benzene rings is 2. The third-order valence-corrected chi connectivity index (χ3v) is 5.06. The van der Waals surface area contributed by atoms with Crippen LogP contribution in [0.15, 0.2) is 79.4 Å². The third kappa shape index (κ3) is 4.51. The third-order valence-electron chi connectivity index (χ3n) is 5.06. The van der Waals surface area contributed by atoms with Crippen molar-refractivity contribution in [2.24, 2.45) is 0 Å². The highest BCUT2D eigenvalue weighted by Gasteiger charge is 2.21. The topological polar surface area (TPSA) is 67.3 Å². The van der Waals surface area contributed by atoms with E-state index < -0.39 is 0 Å². The first kappa shape index (κ1) is 20.4. The number of pyridine rings is 2. The number of aromatic hydroxyl groups is 1. The maximum Gasteiger partial charge on any atom is 0.147 e. The summed E-state index contributed by atoms with van der Waals surface area (Å²) >= 11 is 0. The smallest absolute Gasteiger partial charge is 0.147 e. The zero-order valence-corrected chi connectivity index (χ0v) is 17.7. The summed E-state index contributed by atoms with van der Waals surface area (Å²) in [6.07, 6.45) is 1.71. The van der Waals surface area contributed by atoms with Crippen molar-refractivity contribution >= 4 is 16.7 Å². The summed E-state index contributed by atoms with van der Waals surface area (Å²) in [6, 6.07) is 21.1. The first-order valence-corrected chi connectivity index (χ1v) is 10.2. The van der Waals surface area contributed by atoms with Gasteiger partial charge in [0.2, 0.25) is 0 Å². The van der Waals surface area contributed by atoms with E-state index in [1.54, 1.807) is 6.08 Å². The van der Waals surface area contributed by atoms with E-state index in [4.69, 9.17) is 4.74 Å². The number of phenolic OH excluding ortho intramolecular Hbond substituents is 1. The molecule has 0 aliphatic carbocycles. The van der Waals surface area contributed by atoms with Gasteiger partial charge >= 0.3 is 0 Å². The molecule has 156 valence electrons. The van der Waals surface area contributed by atoms with Crippen molar-refractivity contribution in [1.82, 2.24) is 9.97 Å². The minimum Gasteiger partial charge on any atom is -0.505 e. The van der Waals surface area contributed by atoms with Gasteiger partial charge in [0.05, 0.1) is 6.04 Å². The Morgan fingerprint density at radius 2 is 1.77 bits per heavy atom. The van der Waals surface area contributed by atoms with Crippen molar-refractivity contribution in [2.45, 2.75) is 19.9 Å². The van der Waals surface area contributed by atoms with Gasteiger partial charge in [0, 0.05) is 22.3 Å². The standard InChI is InChI=1S/C26H25N3O2/c1-4-15-31-21-9-6-8-20(16-21)24(29-23-10-5-7-17(2)27-23)22-14-13-19-12-11-18(3)28-25(19)26(22)30/h4-14,16,24,30H,1,15H2,2-3H3,(H,27,29). The van der Waals surface area contributed by atoms with E-state index in [2.05, 4.69) is 21.9 Å². The Morgan fingerprint density at radius 3 is 2.58 bits per heavy atom. The molecule has 2 heterocycles. The van der Waals surface area contributed by atoms with Crippen LogP contribution in [0.5, 0.6) is 11.5 Å². The van der Waals surface area contributed by atoms with Gasteiger partial charge in [-0.25, -0.2) is 9.97 Å². The van der Waals surface area contributed by atoms with Crippen LogP contribution in [0.4, 0.5) is 5.82 Å². The summed E-state index contributed by atoms with van der Waals surface area (Å²) in [5.41, 5.74) is 4.00. The second-order valence-electron chi connectivity index (χ2n) is 7.44. The molecule has 5 heteroatoms. The summed E-state index contributed by atoms with van der Waals surface area (Å²) in [7, 11) is 0. The van der Waals surface area contributed by atoms with E-state index in [-0.39, 0.29) is 11.8 Å². The van der Waals surface area contributed by atoms with Crippen molar-refractivity contribution in [2.75, 3.05) is 11.9 Å². The average molecular weight is 412 g/mol. The highest BCUT2D eigenvalue weighted by atomic mass is 16.5. The Balaban J connectivity index is 1.83. The molecule has 0 aliphatic heterocycles. The van der Waals surface area contributed by atoms with Gasteiger partial charge in [0.15, 0.2) is 0 Å². The molecule has 5 nitrogen and oxygen atoms in total. The van der Waals surface area contributed by atoms with Crippen molar-refractivity contribution in [1.29, 1.82) is 0 Å². The lowest BCUT2D eigenvalue weighted by atomic mass is 9.96. The number of phenols is 1. The number of ether oxygens (including phenoxy) is 1. The Bertz CT molecular complexity index is 1240. The molecule has 1 atom stereocenters. The van der Waals surface area contributed by atoms with E-state index in [1.807, 2.05) is 80.6 Å². The number of nitrogens with one attached hydrogen (secondary N) is 1. The van der Waals surface area contributed by atoms with E-state index in [9.17, 15) is 5.11 Å². The normalized spacial score (nSPS) is 11.8. The Hall–Kier alpha value is -3.86.